The van der Waals surface area contributed by atoms with Crippen LogP contribution in [-0.2, 0) is 28.6 Å². The molecule has 0 amide bonds. The smallest absolute Gasteiger partial charge is 0.306 e. The maximum atomic E-state index is 12.9. The molecule has 0 bridgehead atoms. The minimum atomic E-state index is -0.787. The lowest BCUT2D eigenvalue weighted by Crippen LogP contribution is -2.30. The summed E-state index contributed by atoms with van der Waals surface area (Å²) in [6.07, 6.45) is 57.1. The summed E-state index contributed by atoms with van der Waals surface area (Å²) in [5, 5.41) is 0. The van der Waals surface area contributed by atoms with Crippen LogP contribution >= 0.6 is 0 Å². The first-order chi connectivity index (χ1) is 32.2. The molecule has 0 aliphatic carbocycles. The average molecular weight is 928 g/mol. The molecule has 66 heavy (non-hydrogen) atoms. The zero-order valence-electron chi connectivity index (χ0n) is 44.7. The Labute approximate surface area is 410 Å². The first-order valence-corrected chi connectivity index (χ1v) is 28.7. The van der Waals surface area contributed by atoms with Gasteiger partial charge in [-0.15, -0.1) is 0 Å². The van der Waals surface area contributed by atoms with Crippen molar-refractivity contribution >= 4 is 17.9 Å². The SMILES string of the molecule is CCCCCCC(C)C/C=C\CCCCCCCC(=O)OCC(COC(=O)CCCCCCC/C=C\CC(C)CCCCCC)OC(=O)CCCCCCC/C=C\CC(C)CCCCCC. The van der Waals surface area contributed by atoms with Crippen LogP contribution in [0.5, 0.6) is 0 Å². The van der Waals surface area contributed by atoms with Gasteiger partial charge in [-0.05, 0) is 94.8 Å². The van der Waals surface area contributed by atoms with Gasteiger partial charge in [-0.25, -0.2) is 0 Å². The van der Waals surface area contributed by atoms with Crippen molar-refractivity contribution in [1.82, 2.24) is 0 Å². The number of ether oxygens (including phenoxy) is 3. The van der Waals surface area contributed by atoms with Gasteiger partial charge in [0, 0.05) is 19.3 Å². The Balaban J connectivity index is 4.51. The number of carbonyl (C=O) groups excluding carboxylic acids is 3. The summed E-state index contributed by atoms with van der Waals surface area (Å²) in [6.45, 7) is 13.7. The van der Waals surface area contributed by atoms with Crippen molar-refractivity contribution in [3.05, 3.63) is 36.5 Å². The molecule has 3 atom stereocenters. The van der Waals surface area contributed by atoms with Crippen LogP contribution < -0.4 is 0 Å². The topological polar surface area (TPSA) is 78.9 Å². The highest BCUT2D eigenvalue weighted by Gasteiger charge is 2.19. The Bertz CT molecular complexity index is 1100. The molecular formula is C60H110O6. The fourth-order valence-corrected chi connectivity index (χ4v) is 8.51. The summed E-state index contributed by atoms with van der Waals surface area (Å²) in [7, 11) is 0. The highest BCUT2D eigenvalue weighted by molar-refractivity contribution is 5.71. The molecule has 0 spiro atoms. The van der Waals surface area contributed by atoms with E-state index in [0.717, 1.165) is 101 Å². The fraction of sp³-hybridized carbons (Fsp3) is 0.850. The number of hydrogen-bond acceptors (Lipinski definition) is 6. The normalized spacial score (nSPS) is 13.7. The summed E-state index contributed by atoms with van der Waals surface area (Å²) in [5.74, 6) is 1.43. The Morgan fingerprint density at radius 1 is 0.348 bits per heavy atom. The second-order valence-corrected chi connectivity index (χ2v) is 20.4. The van der Waals surface area contributed by atoms with E-state index < -0.39 is 6.10 Å². The summed E-state index contributed by atoms with van der Waals surface area (Å²) in [6, 6.07) is 0. The van der Waals surface area contributed by atoms with Crippen molar-refractivity contribution in [2.75, 3.05) is 13.2 Å². The molecule has 0 saturated heterocycles. The van der Waals surface area contributed by atoms with Gasteiger partial charge >= 0.3 is 17.9 Å². The van der Waals surface area contributed by atoms with E-state index in [1.807, 2.05) is 0 Å². The van der Waals surface area contributed by atoms with Crippen molar-refractivity contribution < 1.29 is 28.6 Å². The minimum absolute atomic E-state index is 0.0843. The summed E-state index contributed by atoms with van der Waals surface area (Å²) in [5.41, 5.74) is 0. The van der Waals surface area contributed by atoms with Crippen LogP contribution in [0, 0.1) is 17.8 Å². The molecule has 0 aromatic rings. The lowest BCUT2D eigenvalue weighted by molar-refractivity contribution is -0.167. The third-order valence-electron chi connectivity index (χ3n) is 13.2. The minimum Gasteiger partial charge on any atom is -0.462 e. The predicted molar refractivity (Wildman–Crippen MR) is 284 cm³/mol. The number of carbonyl (C=O) groups is 3. The van der Waals surface area contributed by atoms with Crippen molar-refractivity contribution in [1.29, 1.82) is 0 Å². The fourth-order valence-electron chi connectivity index (χ4n) is 8.51. The molecule has 0 aliphatic rings. The van der Waals surface area contributed by atoms with Gasteiger partial charge in [-0.3, -0.25) is 14.4 Å². The van der Waals surface area contributed by atoms with Gasteiger partial charge in [-0.2, -0.15) is 0 Å². The summed E-state index contributed by atoms with van der Waals surface area (Å²) < 4.78 is 16.9. The Morgan fingerprint density at radius 2 is 0.636 bits per heavy atom. The van der Waals surface area contributed by atoms with Crippen molar-refractivity contribution in [2.45, 2.75) is 298 Å². The lowest BCUT2D eigenvalue weighted by Gasteiger charge is -2.18. The predicted octanol–water partition coefficient (Wildman–Crippen LogP) is 18.8. The van der Waals surface area contributed by atoms with E-state index in [1.54, 1.807) is 0 Å². The molecule has 0 N–H and O–H groups in total. The molecule has 6 nitrogen and oxygen atoms in total. The van der Waals surface area contributed by atoms with Crippen LogP contribution in [0.25, 0.3) is 0 Å². The molecule has 0 aromatic heterocycles. The first-order valence-electron chi connectivity index (χ1n) is 28.7. The quantitative estimate of drug-likeness (QED) is 0.0262. The van der Waals surface area contributed by atoms with Gasteiger partial charge in [0.2, 0.25) is 0 Å². The molecule has 0 heterocycles. The van der Waals surface area contributed by atoms with Crippen molar-refractivity contribution in [3.63, 3.8) is 0 Å². The van der Waals surface area contributed by atoms with E-state index in [0.29, 0.717) is 19.3 Å². The van der Waals surface area contributed by atoms with Crippen LogP contribution in [0.15, 0.2) is 36.5 Å². The molecule has 0 rings (SSSR count). The number of hydrogen-bond donors (Lipinski definition) is 0. The Kier molecular flexibility index (Phi) is 48.7. The molecule has 0 aromatic carbocycles. The van der Waals surface area contributed by atoms with Crippen LogP contribution in [0.2, 0.25) is 0 Å². The van der Waals surface area contributed by atoms with Crippen LogP contribution in [0.3, 0.4) is 0 Å². The van der Waals surface area contributed by atoms with Gasteiger partial charge in [-0.1, -0.05) is 232 Å². The van der Waals surface area contributed by atoms with Gasteiger partial charge in [0.25, 0.3) is 0 Å². The zero-order chi connectivity index (χ0) is 48.4. The molecule has 3 unspecified atom stereocenters. The number of esters is 3. The van der Waals surface area contributed by atoms with Crippen molar-refractivity contribution in [2.24, 2.45) is 17.8 Å². The molecule has 386 valence electrons. The van der Waals surface area contributed by atoms with Gasteiger partial charge in [0.1, 0.15) is 13.2 Å². The second-order valence-electron chi connectivity index (χ2n) is 20.4. The summed E-state index contributed by atoms with van der Waals surface area (Å²) >= 11 is 0. The van der Waals surface area contributed by atoms with E-state index in [-0.39, 0.29) is 31.1 Å². The maximum absolute atomic E-state index is 12.9. The average Bonchev–Trinajstić information content (AvgIpc) is 3.30. The Hall–Kier alpha value is -2.37. The van der Waals surface area contributed by atoms with E-state index in [2.05, 4.69) is 78.0 Å². The van der Waals surface area contributed by atoms with Gasteiger partial charge in [0.15, 0.2) is 6.10 Å². The molecule has 0 fully saturated rings. The second kappa shape index (κ2) is 50.5. The largest absolute Gasteiger partial charge is 0.462 e. The van der Waals surface area contributed by atoms with E-state index in [9.17, 15) is 14.4 Å². The molecular weight excluding hydrogens is 817 g/mol. The van der Waals surface area contributed by atoms with Gasteiger partial charge in [0.05, 0.1) is 0 Å². The highest BCUT2D eigenvalue weighted by atomic mass is 16.6. The monoisotopic (exact) mass is 927 g/mol. The number of unbranched alkanes of at least 4 members (excludes halogenated alkanes) is 24. The van der Waals surface area contributed by atoms with E-state index in [1.165, 1.54) is 148 Å². The Morgan fingerprint density at radius 3 is 0.970 bits per heavy atom. The lowest BCUT2D eigenvalue weighted by atomic mass is 9.99. The number of rotatable bonds is 50. The van der Waals surface area contributed by atoms with Crippen molar-refractivity contribution in [3.8, 4) is 0 Å². The number of allylic oxidation sites excluding steroid dienone is 6. The maximum Gasteiger partial charge on any atom is 0.306 e. The van der Waals surface area contributed by atoms with Crippen LogP contribution in [0.1, 0.15) is 292 Å². The van der Waals surface area contributed by atoms with Crippen LogP contribution in [0.4, 0.5) is 0 Å². The highest BCUT2D eigenvalue weighted by Crippen LogP contribution is 2.18. The van der Waals surface area contributed by atoms with E-state index in [4.69, 9.17) is 14.2 Å². The summed E-state index contributed by atoms with van der Waals surface area (Å²) in [4.78, 5) is 38.2. The molecule has 0 saturated carbocycles. The van der Waals surface area contributed by atoms with E-state index >= 15 is 0 Å². The third-order valence-corrected chi connectivity index (χ3v) is 13.2. The molecule has 0 aliphatic heterocycles. The zero-order valence-corrected chi connectivity index (χ0v) is 44.7. The molecule has 6 heteroatoms. The van der Waals surface area contributed by atoms with Crippen LogP contribution in [-0.4, -0.2) is 37.2 Å². The third kappa shape index (κ3) is 48.1. The standard InChI is InChI=1S/C60H110O6/c1-7-10-13-34-43-54(4)46-37-28-22-16-19-25-31-40-49-58(61)64-52-57(66-60(63)51-42-33-27-21-18-24-30-39-48-56(6)45-36-15-12-9-3)53-65-59(62)50-41-32-26-20-17-23-29-38-47-55(5)44-35-14-11-8-2/h28-30,37-39,54-57H,7-27,31-36,40-53H2,1-6H3/b37-28-,38-29-,39-30-. The molecule has 0 radical (unpaired) electrons. The first kappa shape index (κ1) is 63.6. The van der Waals surface area contributed by atoms with Gasteiger partial charge < -0.3 is 14.2 Å².